The van der Waals surface area contributed by atoms with Crippen LogP contribution in [0.4, 0.5) is 0 Å². The molecular formula is C12H18N2O3S2. The summed E-state index contributed by atoms with van der Waals surface area (Å²) in [6, 6.07) is 2.02. The summed E-state index contributed by atoms with van der Waals surface area (Å²) in [4.78, 5) is 13.8. The van der Waals surface area contributed by atoms with Gasteiger partial charge in [-0.25, -0.2) is 13.6 Å². The maximum atomic E-state index is 12.0. The number of rotatable bonds is 5. The highest BCUT2D eigenvalue weighted by atomic mass is 32.2. The third-order valence-electron chi connectivity index (χ3n) is 3.31. The lowest BCUT2D eigenvalue weighted by atomic mass is 10.1. The number of primary sulfonamides is 1. The zero-order valence-corrected chi connectivity index (χ0v) is 12.3. The molecule has 0 aromatic carbocycles. The quantitative estimate of drug-likeness (QED) is 0.874. The Morgan fingerprint density at radius 2 is 2.32 bits per heavy atom. The normalized spacial score (nSPS) is 19.8. The average Bonchev–Trinajstić information content (AvgIpc) is 2.94. The number of aryl methyl sites for hydroxylation is 1. The van der Waals surface area contributed by atoms with Crippen molar-refractivity contribution in [2.75, 3.05) is 18.8 Å². The highest BCUT2D eigenvalue weighted by molar-refractivity contribution is 7.89. The zero-order chi connectivity index (χ0) is 13.9. The van der Waals surface area contributed by atoms with Crippen LogP contribution in [0.2, 0.25) is 0 Å². The van der Waals surface area contributed by atoms with Gasteiger partial charge in [-0.3, -0.25) is 4.79 Å². The Hall–Kier alpha value is -0.920. The summed E-state index contributed by atoms with van der Waals surface area (Å²) < 4.78 is 22.0. The fourth-order valence-electron chi connectivity index (χ4n) is 2.37. The predicted octanol–water partition coefficient (Wildman–Crippen LogP) is 0.818. The second-order valence-electron chi connectivity index (χ2n) is 4.96. The molecule has 1 amide bonds. The first-order chi connectivity index (χ1) is 8.94. The number of carbonyl (C=O) groups excluding carboxylic acids is 1. The molecule has 1 aliphatic rings. The van der Waals surface area contributed by atoms with Crippen molar-refractivity contribution in [3.63, 3.8) is 0 Å². The summed E-state index contributed by atoms with van der Waals surface area (Å²) >= 11 is 1.62. The van der Waals surface area contributed by atoms with E-state index in [4.69, 9.17) is 5.14 Å². The second-order valence-corrected chi connectivity index (χ2v) is 7.39. The SMILES string of the molecule is NS(=O)(=O)CC1CCN(C(=O)CCc2ccsc2)C1. The molecule has 0 radical (unpaired) electrons. The molecule has 7 heteroatoms. The van der Waals surface area contributed by atoms with Crippen LogP contribution in [-0.4, -0.2) is 38.1 Å². The summed E-state index contributed by atoms with van der Waals surface area (Å²) in [5, 5.41) is 9.07. The summed E-state index contributed by atoms with van der Waals surface area (Å²) in [5.41, 5.74) is 1.18. The lowest BCUT2D eigenvalue weighted by molar-refractivity contribution is -0.130. The minimum Gasteiger partial charge on any atom is -0.342 e. The van der Waals surface area contributed by atoms with Gasteiger partial charge in [-0.15, -0.1) is 0 Å². The molecule has 0 aliphatic carbocycles. The summed E-state index contributed by atoms with van der Waals surface area (Å²) in [5.74, 6) is 0.0598. The lowest BCUT2D eigenvalue weighted by Gasteiger charge is -2.16. The van der Waals surface area contributed by atoms with Gasteiger partial charge in [0, 0.05) is 19.5 Å². The third kappa shape index (κ3) is 4.59. The van der Waals surface area contributed by atoms with Crippen molar-refractivity contribution in [2.45, 2.75) is 19.3 Å². The molecule has 0 saturated carbocycles. The van der Waals surface area contributed by atoms with Crippen LogP contribution in [-0.2, 0) is 21.2 Å². The molecule has 19 heavy (non-hydrogen) atoms. The molecule has 0 bridgehead atoms. The molecule has 1 aromatic heterocycles. The van der Waals surface area contributed by atoms with E-state index < -0.39 is 10.0 Å². The van der Waals surface area contributed by atoms with Crippen LogP contribution in [0.15, 0.2) is 16.8 Å². The fraction of sp³-hybridized carbons (Fsp3) is 0.583. The molecular weight excluding hydrogens is 284 g/mol. The highest BCUT2D eigenvalue weighted by Gasteiger charge is 2.28. The second kappa shape index (κ2) is 6.02. The lowest BCUT2D eigenvalue weighted by Crippen LogP contribution is -2.30. The molecule has 1 aromatic rings. The Morgan fingerprint density at radius 1 is 1.53 bits per heavy atom. The Labute approximate surface area is 117 Å². The van der Waals surface area contributed by atoms with Crippen LogP contribution in [0.1, 0.15) is 18.4 Å². The standard InChI is InChI=1S/C12H18N2O3S2/c13-19(16,17)9-11-3-5-14(7-11)12(15)2-1-10-4-6-18-8-10/h4,6,8,11H,1-3,5,7,9H2,(H2,13,16,17). The number of carbonyl (C=O) groups is 1. The molecule has 0 spiro atoms. The van der Waals surface area contributed by atoms with Gasteiger partial charge in [0.15, 0.2) is 0 Å². The maximum Gasteiger partial charge on any atom is 0.222 e. The van der Waals surface area contributed by atoms with Crippen molar-refractivity contribution in [3.8, 4) is 0 Å². The van der Waals surface area contributed by atoms with Gasteiger partial charge in [-0.1, -0.05) is 0 Å². The molecule has 2 N–H and O–H groups in total. The van der Waals surface area contributed by atoms with Gasteiger partial charge in [0.1, 0.15) is 0 Å². The van der Waals surface area contributed by atoms with Crippen LogP contribution in [0.25, 0.3) is 0 Å². The number of nitrogens with zero attached hydrogens (tertiary/aromatic N) is 1. The van der Waals surface area contributed by atoms with Crippen molar-refractivity contribution < 1.29 is 13.2 Å². The van der Waals surface area contributed by atoms with Crippen molar-refractivity contribution in [1.82, 2.24) is 4.90 Å². The molecule has 2 heterocycles. The molecule has 2 rings (SSSR count). The van der Waals surface area contributed by atoms with E-state index >= 15 is 0 Å². The van der Waals surface area contributed by atoms with Crippen molar-refractivity contribution in [3.05, 3.63) is 22.4 Å². The van der Waals surface area contributed by atoms with Crippen LogP contribution < -0.4 is 5.14 Å². The van der Waals surface area contributed by atoms with E-state index in [1.54, 1.807) is 16.2 Å². The number of nitrogens with two attached hydrogens (primary N) is 1. The Morgan fingerprint density at radius 3 is 2.95 bits per heavy atom. The van der Waals surface area contributed by atoms with E-state index in [0.29, 0.717) is 19.5 Å². The van der Waals surface area contributed by atoms with Gasteiger partial charge >= 0.3 is 0 Å². The summed E-state index contributed by atoms with van der Waals surface area (Å²) in [6.45, 7) is 1.15. The van der Waals surface area contributed by atoms with Crippen LogP contribution in [0.5, 0.6) is 0 Å². The van der Waals surface area contributed by atoms with Gasteiger partial charge in [0.2, 0.25) is 15.9 Å². The first kappa shape index (κ1) is 14.5. The summed E-state index contributed by atoms with van der Waals surface area (Å²) in [6.07, 6.45) is 1.96. The first-order valence-electron chi connectivity index (χ1n) is 6.23. The molecule has 1 aliphatic heterocycles. The van der Waals surface area contributed by atoms with E-state index in [1.165, 1.54) is 5.56 Å². The van der Waals surface area contributed by atoms with Crippen LogP contribution >= 0.6 is 11.3 Å². The number of likely N-dealkylation sites (tertiary alicyclic amines) is 1. The first-order valence-corrected chi connectivity index (χ1v) is 8.89. The summed E-state index contributed by atoms with van der Waals surface area (Å²) in [7, 11) is -3.44. The largest absolute Gasteiger partial charge is 0.342 e. The van der Waals surface area contributed by atoms with E-state index in [1.807, 2.05) is 16.8 Å². The highest BCUT2D eigenvalue weighted by Crippen LogP contribution is 2.19. The van der Waals surface area contributed by atoms with Crippen LogP contribution in [0.3, 0.4) is 0 Å². The predicted molar refractivity (Wildman–Crippen MR) is 75.3 cm³/mol. The molecule has 5 nitrogen and oxygen atoms in total. The Kier molecular flexibility index (Phi) is 4.59. The third-order valence-corrected chi connectivity index (χ3v) is 4.98. The fourth-order valence-corrected chi connectivity index (χ4v) is 4.00. The topological polar surface area (TPSA) is 80.5 Å². The van der Waals surface area contributed by atoms with Crippen molar-refractivity contribution >= 4 is 27.3 Å². The van der Waals surface area contributed by atoms with Gasteiger partial charge in [-0.05, 0) is 41.1 Å². The van der Waals surface area contributed by atoms with Gasteiger partial charge < -0.3 is 4.90 Å². The smallest absolute Gasteiger partial charge is 0.222 e. The van der Waals surface area contributed by atoms with Crippen molar-refractivity contribution in [1.29, 1.82) is 0 Å². The number of sulfonamides is 1. The molecule has 106 valence electrons. The number of hydrogen-bond acceptors (Lipinski definition) is 4. The zero-order valence-electron chi connectivity index (χ0n) is 10.6. The Bertz CT molecular complexity index is 525. The average molecular weight is 302 g/mol. The molecule has 1 fully saturated rings. The number of hydrogen-bond donors (Lipinski definition) is 1. The minimum absolute atomic E-state index is 0.0138. The van der Waals surface area contributed by atoms with E-state index in [2.05, 4.69) is 0 Å². The maximum absolute atomic E-state index is 12.0. The van der Waals surface area contributed by atoms with Crippen molar-refractivity contribution in [2.24, 2.45) is 11.1 Å². The van der Waals surface area contributed by atoms with Gasteiger partial charge in [0.25, 0.3) is 0 Å². The molecule has 1 saturated heterocycles. The van der Waals surface area contributed by atoms with Gasteiger partial charge in [0.05, 0.1) is 5.75 Å². The van der Waals surface area contributed by atoms with E-state index in [0.717, 1.165) is 12.8 Å². The monoisotopic (exact) mass is 302 g/mol. The Balaban J connectivity index is 1.78. The molecule has 1 atom stereocenters. The van der Waals surface area contributed by atoms with E-state index in [-0.39, 0.29) is 17.6 Å². The van der Waals surface area contributed by atoms with Gasteiger partial charge in [-0.2, -0.15) is 11.3 Å². The number of amides is 1. The molecule has 1 unspecified atom stereocenters. The van der Waals surface area contributed by atoms with E-state index in [9.17, 15) is 13.2 Å². The minimum atomic E-state index is -3.44. The van der Waals surface area contributed by atoms with Crippen LogP contribution in [0, 0.1) is 5.92 Å². The number of thiophene rings is 1.